The number of phenolic OH excluding ortho intramolecular Hbond substituents is 1. The number of nitrogens with zero attached hydrogens (tertiary/aromatic N) is 1. The molecule has 0 atom stereocenters. The Hall–Kier alpha value is -2.42. The number of nitrogens with one attached hydrogen (secondary N) is 1. The Balaban J connectivity index is 2.25. The van der Waals surface area contributed by atoms with Crippen LogP contribution in [0.25, 0.3) is 0 Å². The van der Waals surface area contributed by atoms with E-state index in [0.29, 0.717) is 11.3 Å². The van der Waals surface area contributed by atoms with Gasteiger partial charge in [-0.2, -0.15) is 5.10 Å². The summed E-state index contributed by atoms with van der Waals surface area (Å²) in [6, 6.07) is 10.2. The lowest BCUT2D eigenvalue weighted by atomic mass is 10.1. The van der Waals surface area contributed by atoms with Gasteiger partial charge in [0.25, 0.3) is 5.91 Å². The summed E-state index contributed by atoms with van der Waals surface area (Å²) in [7, 11) is -4.05. The van der Waals surface area contributed by atoms with Gasteiger partial charge in [0.2, 0.25) is 10.0 Å². The lowest BCUT2D eigenvalue weighted by Gasteiger charge is -2.06. The third kappa shape index (κ3) is 4.10. The minimum atomic E-state index is -4.05. The highest BCUT2D eigenvalue weighted by Gasteiger charge is 2.16. The van der Waals surface area contributed by atoms with Crippen molar-refractivity contribution in [3.63, 3.8) is 0 Å². The van der Waals surface area contributed by atoms with Gasteiger partial charge in [-0.15, -0.1) is 0 Å². The van der Waals surface area contributed by atoms with Crippen LogP contribution in [-0.2, 0) is 10.0 Å². The first kappa shape index (κ1) is 17.9. The van der Waals surface area contributed by atoms with Gasteiger partial charge < -0.3 is 5.11 Å². The molecule has 0 aliphatic heterocycles. The van der Waals surface area contributed by atoms with Crippen LogP contribution in [-0.4, -0.2) is 25.1 Å². The number of hydrazone groups is 1. The van der Waals surface area contributed by atoms with Crippen LogP contribution in [0.5, 0.6) is 5.75 Å². The minimum Gasteiger partial charge on any atom is -0.507 e. The number of primary sulfonamides is 1. The summed E-state index contributed by atoms with van der Waals surface area (Å²) in [6.07, 6.45) is 0. The van der Waals surface area contributed by atoms with Crippen molar-refractivity contribution in [1.29, 1.82) is 0 Å². The van der Waals surface area contributed by atoms with Gasteiger partial charge in [0.05, 0.1) is 10.7 Å². The number of hydrogen-bond acceptors (Lipinski definition) is 5. The SMILES string of the molecule is C/C(=N\NC(=O)c1ccc(Cl)c(S(N)(=O)=O)c1)c1ccccc1O. The number of sulfonamides is 1. The molecule has 0 saturated heterocycles. The quantitative estimate of drug-likeness (QED) is 0.563. The van der Waals surface area contributed by atoms with Gasteiger partial charge in [-0.1, -0.05) is 23.7 Å². The first-order chi connectivity index (χ1) is 11.2. The Bertz CT molecular complexity index is 926. The average Bonchev–Trinajstić information content (AvgIpc) is 2.52. The second-order valence-electron chi connectivity index (χ2n) is 4.85. The third-order valence-electron chi connectivity index (χ3n) is 3.12. The number of phenols is 1. The molecule has 0 radical (unpaired) electrons. The van der Waals surface area contributed by atoms with Crippen molar-refractivity contribution in [2.24, 2.45) is 10.2 Å². The normalized spacial score (nSPS) is 12.0. The summed E-state index contributed by atoms with van der Waals surface area (Å²) in [6.45, 7) is 1.60. The fraction of sp³-hybridized carbons (Fsp3) is 0.0667. The van der Waals surface area contributed by atoms with E-state index < -0.39 is 15.9 Å². The van der Waals surface area contributed by atoms with E-state index >= 15 is 0 Å². The molecule has 126 valence electrons. The maximum Gasteiger partial charge on any atom is 0.271 e. The molecule has 0 aliphatic rings. The number of nitrogens with two attached hydrogens (primary N) is 1. The topological polar surface area (TPSA) is 122 Å². The van der Waals surface area contributed by atoms with E-state index in [9.17, 15) is 18.3 Å². The summed E-state index contributed by atoms with van der Waals surface area (Å²) in [5.74, 6) is -0.623. The molecule has 7 nitrogen and oxygen atoms in total. The molecule has 24 heavy (non-hydrogen) atoms. The van der Waals surface area contributed by atoms with Gasteiger partial charge in [0, 0.05) is 11.1 Å². The van der Waals surface area contributed by atoms with Gasteiger partial charge in [-0.25, -0.2) is 19.0 Å². The Morgan fingerprint density at radius 3 is 2.54 bits per heavy atom. The van der Waals surface area contributed by atoms with Gasteiger partial charge in [0.15, 0.2) is 0 Å². The molecule has 0 bridgehead atoms. The molecule has 0 aromatic heterocycles. The van der Waals surface area contributed by atoms with E-state index in [-0.39, 0.29) is 21.2 Å². The maximum atomic E-state index is 12.1. The van der Waals surface area contributed by atoms with Crippen molar-refractivity contribution < 1.29 is 18.3 Å². The molecule has 1 amide bonds. The number of aromatic hydroxyl groups is 1. The summed E-state index contributed by atoms with van der Waals surface area (Å²) in [4.78, 5) is 11.7. The van der Waals surface area contributed by atoms with Crippen molar-refractivity contribution in [3.8, 4) is 5.75 Å². The summed E-state index contributed by atoms with van der Waals surface area (Å²) >= 11 is 5.76. The van der Waals surface area contributed by atoms with Crippen molar-refractivity contribution in [3.05, 3.63) is 58.6 Å². The zero-order valence-electron chi connectivity index (χ0n) is 12.5. The second kappa shape index (κ2) is 7.00. The minimum absolute atomic E-state index is 0.0241. The fourth-order valence-electron chi connectivity index (χ4n) is 1.90. The van der Waals surface area contributed by atoms with Crippen LogP contribution in [0.1, 0.15) is 22.8 Å². The van der Waals surface area contributed by atoms with Crippen molar-refractivity contribution in [2.75, 3.05) is 0 Å². The fourth-order valence-corrected chi connectivity index (χ4v) is 2.97. The third-order valence-corrected chi connectivity index (χ3v) is 4.51. The molecule has 2 rings (SSSR count). The van der Waals surface area contributed by atoms with E-state index in [1.54, 1.807) is 25.1 Å². The smallest absolute Gasteiger partial charge is 0.271 e. The first-order valence-electron chi connectivity index (χ1n) is 6.65. The number of benzene rings is 2. The Morgan fingerprint density at radius 1 is 1.25 bits per heavy atom. The van der Waals surface area contributed by atoms with Gasteiger partial charge in [0.1, 0.15) is 10.6 Å². The standard InChI is InChI=1S/C15H14ClN3O4S/c1-9(11-4-2-3-5-13(11)20)18-19-15(21)10-6-7-12(16)14(8-10)24(17,22)23/h2-8,20H,1H3,(H,19,21)(H2,17,22,23)/b18-9+. The molecule has 0 aliphatic carbocycles. The monoisotopic (exact) mass is 367 g/mol. The predicted octanol–water partition coefficient (Wildman–Crippen LogP) is 1.85. The maximum absolute atomic E-state index is 12.1. The molecule has 9 heteroatoms. The number of amides is 1. The van der Waals surface area contributed by atoms with Crippen LogP contribution in [0.4, 0.5) is 0 Å². The zero-order valence-corrected chi connectivity index (χ0v) is 14.1. The molecule has 0 spiro atoms. The van der Waals surface area contributed by atoms with Crippen molar-refractivity contribution in [2.45, 2.75) is 11.8 Å². The first-order valence-corrected chi connectivity index (χ1v) is 8.58. The molecule has 0 saturated carbocycles. The molecule has 2 aromatic rings. The van der Waals surface area contributed by atoms with E-state index in [4.69, 9.17) is 16.7 Å². The number of rotatable bonds is 4. The average molecular weight is 368 g/mol. The van der Waals surface area contributed by atoms with E-state index in [1.807, 2.05) is 0 Å². The lowest BCUT2D eigenvalue weighted by Crippen LogP contribution is -2.20. The molecule has 4 N–H and O–H groups in total. The van der Waals surface area contributed by atoms with Crippen LogP contribution in [0.15, 0.2) is 52.5 Å². The second-order valence-corrected chi connectivity index (χ2v) is 6.78. The molecule has 0 unspecified atom stereocenters. The number of hydrogen-bond donors (Lipinski definition) is 3. The highest BCUT2D eigenvalue weighted by molar-refractivity contribution is 7.89. The summed E-state index contributed by atoms with van der Waals surface area (Å²) in [5, 5.41) is 18.6. The molecular weight excluding hydrogens is 354 g/mol. The molecule has 0 heterocycles. The van der Waals surface area contributed by atoms with Gasteiger partial charge >= 0.3 is 0 Å². The Kier molecular flexibility index (Phi) is 5.23. The number of para-hydroxylation sites is 1. The van der Waals surface area contributed by atoms with Crippen molar-refractivity contribution >= 4 is 33.2 Å². The van der Waals surface area contributed by atoms with Crippen LogP contribution < -0.4 is 10.6 Å². The summed E-state index contributed by atoms with van der Waals surface area (Å²) in [5.41, 5.74) is 3.14. The Labute approximate surface area is 143 Å². The largest absolute Gasteiger partial charge is 0.507 e. The van der Waals surface area contributed by atoms with Crippen LogP contribution in [0.3, 0.4) is 0 Å². The molecule has 0 fully saturated rings. The highest BCUT2D eigenvalue weighted by atomic mass is 35.5. The van der Waals surface area contributed by atoms with E-state index in [1.165, 1.54) is 18.2 Å². The van der Waals surface area contributed by atoms with Crippen LogP contribution in [0.2, 0.25) is 5.02 Å². The van der Waals surface area contributed by atoms with Crippen molar-refractivity contribution in [1.82, 2.24) is 5.43 Å². The number of carbonyl (C=O) groups is 1. The lowest BCUT2D eigenvalue weighted by molar-refractivity contribution is 0.0954. The Morgan fingerprint density at radius 2 is 1.92 bits per heavy atom. The van der Waals surface area contributed by atoms with Crippen LogP contribution in [0, 0.1) is 0 Å². The highest BCUT2D eigenvalue weighted by Crippen LogP contribution is 2.21. The number of carbonyl (C=O) groups excluding carboxylic acids is 1. The van der Waals surface area contributed by atoms with Gasteiger partial charge in [-0.3, -0.25) is 4.79 Å². The zero-order chi connectivity index (χ0) is 17.9. The molecule has 2 aromatic carbocycles. The van der Waals surface area contributed by atoms with E-state index in [2.05, 4.69) is 10.5 Å². The summed E-state index contributed by atoms with van der Waals surface area (Å²) < 4.78 is 22.8. The van der Waals surface area contributed by atoms with E-state index in [0.717, 1.165) is 6.07 Å². The predicted molar refractivity (Wildman–Crippen MR) is 90.6 cm³/mol. The van der Waals surface area contributed by atoms with Crippen LogP contribution >= 0.6 is 11.6 Å². The van der Waals surface area contributed by atoms with Gasteiger partial charge in [-0.05, 0) is 37.3 Å². The number of halogens is 1. The molecular formula is C15H14ClN3O4S.